The Hall–Kier alpha value is -1.66. The van der Waals surface area contributed by atoms with Gasteiger partial charge in [-0.15, -0.1) is 5.10 Å². The second kappa shape index (κ2) is 7.07. The monoisotopic (exact) mass is 322 g/mol. The fourth-order valence-electron chi connectivity index (χ4n) is 2.51. The van der Waals surface area contributed by atoms with Gasteiger partial charge in [0.15, 0.2) is 5.82 Å². The molecular weight excluding hydrogens is 304 g/mol. The van der Waals surface area contributed by atoms with Crippen LogP contribution >= 0.6 is 11.6 Å². The van der Waals surface area contributed by atoms with Crippen LogP contribution in [0, 0.1) is 12.8 Å². The van der Waals surface area contributed by atoms with E-state index in [0.717, 1.165) is 49.7 Å². The zero-order valence-electron chi connectivity index (χ0n) is 12.5. The van der Waals surface area contributed by atoms with Gasteiger partial charge in [0.1, 0.15) is 12.4 Å². The smallest absolute Gasteiger partial charge is 0.189 e. The Bertz CT molecular complexity index is 626. The maximum atomic E-state index is 6.00. The predicted octanol–water partition coefficient (Wildman–Crippen LogP) is 2.64. The molecule has 0 saturated carbocycles. The highest BCUT2D eigenvalue weighted by molar-refractivity contribution is 6.30. The lowest BCUT2D eigenvalue weighted by atomic mass is 10.0. The molecule has 1 aliphatic heterocycles. The van der Waals surface area contributed by atoms with Crippen molar-refractivity contribution in [2.75, 3.05) is 13.2 Å². The number of benzene rings is 1. The molecular formula is C15H19ClN4O2. The first kappa shape index (κ1) is 15.2. The van der Waals surface area contributed by atoms with Gasteiger partial charge in [-0.25, -0.2) is 4.68 Å². The number of rotatable bonds is 5. The first-order valence-electron chi connectivity index (χ1n) is 7.44. The zero-order chi connectivity index (χ0) is 15.4. The van der Waals surface area contributed by atoms with Gasteiger partial charge in [0.25, 0.3) is 0 Å². The van der Waals surface area contributed by atoms with E-state index >= 15 is 0 Å². The van der Waals surface area contributed by atoms with Crippen molar-refractivity contribution in [1.29, 1.82) is 0 Å². The van der Waals surface area contributed by atoms with Crippen molar-refractivity contribution in [3.05, 3.63) is 34.6 Å². The quantitative estimate of drug-likeness (QED) is 0.847. The van der Waals surface area contributed by atoms with E-state index in [1.165, 1.54) is 0 Å². The zero-order valence-corrected chi connectivity index (χ0v) is 13.3. The lowest BCUT2D eigenvalue weighted by Gasteiger charge is -2.21. The van der Waals surface area contributed by atoms with Crippen LogP contribution < -0.4 is 4.74 Å². The summed E-state index contributed by atoms with van der Waals surface area (Å²) >= 11 is 6.00. The van der Waals surface area contributed by atoms with Crippen molar-refractivity contribution in [1.82, 2.24) is 20.2 Å². The highest BCUT2D eigenvalue weighted by Crippen LogP contribution is 2.23. The third kappa shape index (κ3) is 3.75. The summed E-state index contributed by atoms with van der Waals surface area (Å²) in [6, 6.07) is 5.59. The number of tetrazole rings is 1. The van der Waals surface area contributed by atoms with Crippen LogP contribution in [0.25, 0.3) is 0 Å². The van der Waals surface area contributed by atoms with Crippen LogP contribution in [0.5, 0.6) is 5.75 Å². The lowest BCUT2D eigenvalue weighted by molar-refractivity contribution is 0.0593. The van der Waals surface area contributed by atoms with E-state index in [4.69, 9.17) is 21.1 Å². The van der Waals surface area contributed by atoms with Crippen molar-refractivity contribution < 1.29 is 9.47 Å². The normalized spacial score (nSPS) is 15.9. The third-order valence-electron chi connectivity index (χ3n) is 3.89. The standard InChI is InChI=1S/C15H19ClN4O2/c1-11-2-3-13(16)8-14(11)22-10-15-17-18-19-20(15)9-12-4-6-21-7-5-12/h2-3,8,12H,4-7,9-10H2,1H3. The molecule has 1 saturated heterocycles. The predicted molar refractivity (Wildman–Crippen MR) is 81.9 cm³/mol. The van der Waals surface area contributed by atoms with Gasteiger partial charge in [-0.2, -0.15) is 0 Å². The number of hydrogen-bond acceptors (Lipinski definition) is 5. The minimum absolute atomic E-state index is 0.331. The van der Waals surface area contributed by atoms with E-state index in [9.17, 15) is 0 Å². The Balaban J connectivity index is 1.63. The van der Waals surface area contributed by atoms with Gasteiger partial charge in [0, 0.05) is 24.8 Å². The molecule has 0 radical (unpaired) electrons. The Morgan fingerprint density at radius 2 is 2.18 bits per heavy atom. The average molecular weight is 323 g/mol. The number of aryl methyl sites for hydroxylation is 1. The summed E-state index contributed by atoms with van der Waals surface area (Å²) in [4.78, 5) is 0. The number of ether oxygens (including phenoxy) is 2. The van der Waals surface area contributed by atoms with Crippen molar-refractivity contribution in [2.24, 2.45) is 5.92 Å². The number of nitrogens with zero attached hydrogens (tertiary/aromatic N) is 4. The Kier molecular flexibility index (Phi) is 4.90. The second-order valence-corrected chi connectivity index (χ2v) is 5.97. The van der Waals surface area contributed by atoms with E-state index in [2.05, 4.69) is 15.5 Å². The summed E-state index contributed by atoms with van der Waals surface area (Å²) in [6.45, 7) is 4.76. The molecule has 1 fully saturated rings. The van der Waals surface area contributed by atoms with Crippen LogP contribution in [0.3, 0.4) is 0 Å². The first-order chi connectivity index (χ1) is 10.7. The average Bonchev–Trinajstić information content (AvgIpc) is 2.96. The Labute approximate surface area is 134 Å². The van der Waals surface area contributed by atoms with Crippen LogP contribution in [0.2, 0.25) is 5.02 Å². The molecule has 2 aromatic rings. The summed E-state index contributed by atoms with van der Waals surface area (Å²) in [5.74, 6) is 2.04. The van der Waals surface area contributed by atoms with Crippen molar-refractivity contribution in [3.8, 4) is 5.75 Å². The molecule has 0 unspecified atom stereocenters. The number of halogens is 1. The Morgan fingerprint density at radius 3 is 3.00 bits per heavy atom. The fourth-order valence-corrected chi connectivity index (χ4v) is 2.68. The van der Waals surface area contributed by atoms with E-state index in [-0.39, 0.29) is 0 Å². The minimum atomic E-state index is 0.331. The van der Waals surface area contributed by atoms with Crippen molar-refractivity contribution in [3.63, 3.8) is 0 Å². The molecule has 0 aliphatic carbocycles. The first-order valence-corrected chi connectivity index (χ1v) is 7.82. The summed E-state index contributed by atoms with van der Waals surface area (Å²) in [5.41, 5.74) is 1.04. The molecule has 0 N–H and O–H groups in total. The maximum Gasteiger partial charge on any atom is 0.189 e. The highest BCUT2D eigenvalue weighted by atomic mass is 35.5. The fraction of sp³-hybridized carbons (Fsp3) is 0.533. The molecule has 3 rings (SSSR count). The van der Waals surface area contributed by atoms with Crippen LogP contribution in [0.4, 0.5) is 0 Å². The van der Waals surface area contributed by atoms with Crippen molar-refractivity contribution in [2.45, 2.75) is 32.9 Å². The van der Waals surface area contributed by atoms with E-state index in [0.29, 0.717) is 17.5 Å². The lowest BCUT2D eigenvalue weighted by Crippen LogP contribution is -2.22. The molecule has 0 bridgehead atoms. The molecule has 0 amide bonds. The van der Waals surface area contributed by atoms with Gasteiger partial charge < -0.3 is 9.47 Å². The molecule has 1 aromatic carbocycles. The van der Waals surface area contributed by atoms with Gasteiger partial charge in [0.2, 0.25) is 0 Å². The molecule has 1 aliphatic rings. The summed E-state index contributed by atoms with van der Waals surface area (Å²) < 4.78 is 13.0. The van der Waals surface area contributed by atoms with Crippen LogP contribution in [-0.2, 0) is 17.9 Å². The summed E-state index contributed by atoms with van der Waals surface area (Å²) in [6.07, 6.45) is 2.10. The topological polar surface area (TPSA) is 62.1 Å². The van der Waals surface area contributed by atoms with Crippen molar-refractivity contribution >= 4 is 11.6 Å². The van der Waals surface area contributed by atoms with Gasteiger partial charge in [0.05, 0.1) is 0 Å². The van der Waals surface area contributed by atoms with Gasteiger partial charge in [-0.3, -0.25) is 0 Å². The summed E-state index contributed by atoms with van der Waals surface area (Å²) in [7, 11) is 0. The molecule has 0 spiro atoms. The van der Waals surface area contributed by atoms with E-state index in [1.807, 2.05) is 29.8 Å². The molecule has 2 heterocycles. The maximum absolute atomic E-state index is 6.00. The molecule has 22 heavy (non-hydrogen) atoms. The second-order valence-electron chi connectivity index (χ2n) is 5.53. The number of aromatic nitrogens is 4. The van der Waals surface area contributed by atoms with E-state index in [1.54, 1.807) is 0 Å². The van der Waals surface area contributed by atoms with Crippen LogP contribution in [0.15, 0.2) is 18.2 Å². The van der Waals surface area contributed by atoms with E-state index < -0.39 is 0 Å². The molecule has 6 nitrogen and oxygen atoms in total. The number of hydrogen-bond donors (Lipinski definition) is 0. The summed E-state index contributed by atoms with van der Waals surface area (Å²) in [5, 5.41) is 12.6. The van der Waals surface area contributed by atoms with Crippen LogP contribution in [-0.4, -0.2) is 33.4 Å². The molecule has 7 heteroatoms. The van der Waals surface area contributed by atoms with Gasteiger partial charge >= 0.3 is 0 Å². The highest BCUT2D eigenvalue weighted by Gasteiger charge is 2.17. The van der Waals surface area contributed by atoms with Gasteiger partial charge in [-0.1, -0.05) is 17.7 Å². The Morgan fingerprint density at radius 1 is 1.36 bits per heavy atom. The van der Waals surface area contributed by atoms with Crippen LogP contribution in [0.1, 0.15) is 24.2 Å². The largest absolute Gasteiger partial charge is 0.485 e. The third-order valence-corrected chi connectivity index (χ3v) is 4.12. The SMILES string of the molecule is Cc1ccc(Cl)cc1OCc1nnnn1CC1CCOCC1. The molecule has 1 aromatic heterocycles. The van der Waals surface area contributed by atoms with Gasteiger partial charge in [-0.05, 0) is 53.8 Å². The molecule has 118 valence electrons. The minimum Gasteiger partial charge on any atom is -0.485 e. The molecule has 0 atom stereocenters.